The van der Waals surface area contributed by atoms with Crippen LogP contribution in [0, 0.1) is 6.92 Å². The molecule has 2 heterocycles. The number of guanidine groups is 1. The van der Waals surface area contributed by atoms with E-state index in [0.29, 0.717) is 5.96 Å². The highest BCUT2D eigenvalue weighted by molar-refractivity contribution is 5.77. The molecule has 1 aromatic rings. The Kier molecular flexibility index (Phi) is 9.73. The Morgan fingerprint density at radius 3 is 2.50 bits per heavy atom. The fourth-order valence-electron chi connectivity index (χ4n) is 4.11. The van der Waals surface area contributed by atoms with Crippen molar-refractivity contribution in [3.8, 4) is 0 Å². The fourth-order valence-corrected chi connectivity index (χ4v) is 4.11. The Morgan fingerprint density at radius 1 is 1.00 bits per heavy atom. The number of hydrogen-bond acceptors (Lipinski definition) is 5. The number of ether oxygens (including phenoxy) is 1. The van der Waals surface area contributed by atoms with Gasteiger partial charge in [0, 0.05) is 64.6 Å². The van der Waals surface area contributed by atoms with E-state index < -0.39 is 0 Å². The van der Waals surface area contributed by atoms with Crippen LogP contribution in [0.4, 0.5) is 5.69 Å². The Hall–Kier alpha value is -1.83. The molecule has 1 aromatic carbocycles. The van der Waals surface area contributed by atoms with Gasteiger partial charge in [0.2, 0.25) is 0 Å². The van der Waals surface area contributed by atoms with Crippen LogP contribution >= 0.6 is 0 Å². The van der Waals surface area contributed by atoms with Crippen LogP contribution < -0.4 is 16.0 Å². The van der Waals surface area contributed by atoms with Crippen LogP contribution in [-0.2, 0) is 4.74 Å². The van der Waals surface area contributed by atoms with Gasteiger partial charge in [0.25, 0.3) is 0 Å². The van der Waals surface area contributed by atoms with Crippen LogP contribution in [0.5, 0.6) is 0 Å². The summed E-state index contributed by atoms with van der Waals surface area (Å²) in [6, 6.07) is 8.83. The first kappa shape index (κ1) is 22.8. The van der Waals surface area contributed by atoms with E-state index in [9.17, 15) is 0 Å². The minimum Gasteiger partial charge on any atom is -0.379 e. The number of rotatable bonds is 10. The molecule has 0 atom stereocenters. The molecule has 7 heteroatoms. The van der Waals surface area contributed by atoms with Gasteiger partial charge in [0.1, 0.15) is 0 Å². The van der Waals surface area contributed by atoms with Gasteiger partial charge < -0.3 is 20.7 Å². The van der Waals surface area contributed by atoms with Crippen LogP contribution in [0.2, 0.25) is 0 Å². The first-order valence-corrected chi connectivity index (χ1v) is 11.6. The van der Waals surface area contributed by atoms with Gasteiger partial charge in [-0.1, -0.05) is 12.1 Å². The second-order valence-electron chi connectivity index (χ2n) is 8.38. The van der Waals surface area contributed by atoms with Crippen molar-refractivity contribution in [2.24, 2.45) is 10.7 Å². The number of anilines is 1. The van der Waals surface area contributed by atoms with Crippen LogP contribution in [0.3, 0.4) is 0 Å². The standard InChI is InChI=1S/C23H40N6O/c1-21-6-4-7-22(20-21)29-14-12-27(13-15-29)10-3-2-8-25-23(24)26-9-5-11-28-16-18-30-19-17-28/h4,6-7,20H,2-3,5,8-19H2,1H3,(H3,24,25,26). The minimum absolute atomic E-state index is 0.587. The molecule has 0 unspecified atom stereocenters. The average Bonchev–Trinajstić information content (AvgIpc) is 2.78. The zero-order valence-corrected chi connectivity index (χ0v) is 18.7. The van der Waals surface area contributed by atoms with Crippen LogP contribution in [-0.4, -0.2) is 94.4 Å². The first-order valence-electron chi connectivity index (χ1n) is 11.6. The summed E-state index contributed by atoms with van der Waals surface area (Å²) in [6.07, 6.45) is 3.38. The predicted octanol–water partition coefficient (Wildman–Crippen LogP) is 1.52. The highest BCUT2D eigenvalue weighted by Crippen LogP contribution is 2.17. The maximum Gasteiger partial charge on any atom is 0.188 e. The number of nitrogens with zero attached hydrogens (tertiary/aromatic N) is 4. The summed E-state index contributed by atoms with van der Waals surface area (Å²) in [5.41, 5.74) is 8.68. The maximum absolute atomic E-state index is 5.99. The number of nitrogens with one attached hydrogen (secondary N) is 1. The van der Waals surface area contributed by atoms with Crippen molar-refractivity contribution in [1.82, 2.24) is 15.1 Å². The number of nitrogens with two attached hydrogens (primary N) is 1. The van der Waals surface area contributed by atoms with Crippen LogP contribution in [0.25, 0.3) is 0 Å². The number of aliphatic imine (C=N–C) groups is 1. The molecule has 0 bridgehead atoms. The lowest BCUT2D eigenvalue weighted by Crippen LogP contribution is -2.46. The third-order valence-corrected chi connectivity index (χ3v) is 5.96. The molecule has 3 rings (SSSR count). The van der Waals surface area contributed by atoms with E-state index in [4.69, 9.17) is 10.5 Å². The van der Waals surface area contributed by atoms with E-state index in [1.54, 1.807) is 0 Å². The summed E-state index contributed by atoms with van der Waals surface area (Å²) in [5.74, 6) is 0.587. The van der Waals surface area contributed by atoms with Crippen molar-refractivity contribution in [2.45, 2.75) is 26.2 Å². The van der Waals surface area contributed by atoms with Gasteiger partial charge in [-0.2, -0.15) is 0 Å². The summed E-state index contributed by atoms with van der Waals surface area (Å²) in [4.78, 5) is 12.0. The molecule has 7 nitrogen and oxygen atoms in total. The highest BCUT2D eigenvalue weighted by atomic mass is 16.5. The number of morpholine rings is 1. The first-order chi connectivity index (χ1) is 14.7. The Balaban J connectivity index is 1.19. The lowest BCUT2D eigenvalue weighted by atomic mass is 10.2. The molecule has 2 fully saturated rings. The smallest absolute Gasteiger partial charge is 0.188 e. The monoisotopic (exact) mass is 416 g/mol. The molecule has 0 aliphatic carbocycles. The average molecular weight is 417 g/mol. The third-order valence-electron chi connectivity index (χ3n) is 5.96. The van der Waals surface area contributed by atoms with Crippen molar-refractivity contribution < 1.29 is 4.74 Å². The fraction of sp³-hybridized carbons (Fsp3) is 0.696. The normalized spacial score (nSPS) is 19.2. The third kappa shape index (κ3) is 8.13. The molecule has 0 spiro atoms. The summed E-state index contributed by atoms with van der Waals surface area (Å²) >= 11 is 0. The molecule has 2 aliphatic rings. The minimum atomic E-state index is 0.587. The summed E-state index contributed by atoms with van der Waals surface area (Å²) in [6.45, 7) is 14.4. The molecular formula is C23H40N6O. The molecule has 2 saturated heterocycles. The number of aryl methyl sites for hydroxylation is 1. The van der Waals surface area contributed by atoms with Gasteiger partial charge in [0.05, 0.1) is 13.2 Å². The second kappa shape index (κ2) is 12.8. The highest BCUT2D eigenvalue weighted by Gasteiger charge is 2.16. The Morgan fingerprint density at radius 2 is 1.73 bits per heavy atom. The van der Waals surface area contributed by atoms with E-state index in [1.807, 2.05) is 0 Å². The molecule has 3 N–H and O–H groups in total. The van der Waals surface area contributed by atoms with Gasteiger partial charge in [-0.05, 0) is 50.4 Å². The van der Waals surface area contributed by atoms with Gasteiger partial charge in [-0.25, -0.2) is 0 Å². The van der Waals surface area contributed by atoms with Crippen molar-refractivity contribution in [3.63, 3.8) is 0 Å². The molecule has 30 heavy (non-hydrogen) atoms. The van der Waals surface area contributed by atoms with Crippen LogP contribution in [0.15, 0.2) is 29.3 Å². The van der Waals surface area contributed by atoms with E-state index in [-0.39, 0.29) is 0 Å². The molecule has 0 aromatic heterocycles. The van der Waals surface area contributed by atoms with Gasteiger partial charge in [-0.15, -0.1) is 0 Å². The molecule has 0 radical (unpaired) electrons. The number of benzene rings is 1. The van der Waals surface area contributed by atoms with Gasteiger partial charge in [-0.3, -0.25) is 14.8 Å². The van der Waals surface area contributed by atoms with Crippen molar-refractivity contribution >= 4 is 11.6 Å². The van der Waals surface area contributed by atoms with Gasteiger partial charge in [0.15, 0.2) is 5.96 Å². The summed E-state index contributed by atoms with van der Waals surface area (Å²) in [7, 11) is 0. The maximum atomic E-state index is 5.99. The van der Waals surface area contributed by atoms with E-state index in [1.165, 1.54) is 24.2 Å². The molecule has 2 aliphatic heterocycles. The molecular weight excluding hydrogens is 376 g/mol. The van der Waals surface area contributed by atoms with E-state index in [2.05, 4.69) is 56.2 Å². The lowest BCUT2D eigenvalue weighted by molar-refractivity contribution is 0.0377. The Bertz CT molecular complexity index is 638. The topological polar surface area (TPSA) is 69.4 Å². The van der Waals surface area contributed by atoms with Crippen molar-refractivity contribution in [2.75, 3.05) is 83.6 Å². The molecule has 168 valence electrons. The Labute approximate surface area is 182 Å². The van der Waals surface area contributed by atoms with Crippen LogP contribution in [0.1, 0.15) is 24.8 Å². The van der Waals surface area contributed by atoms with Crippen molar-refractivity contribution in [3.05, 3.63) is 29.8 Å². The van der Waals surface area contributed by atoms with E-state index >= 15 is 0 Å². The SMILES string of the molecule is Cc1cccc(N2CCN(CCCCNC(N)=NCCCN3CCOCC3)CC2)c1. The van der Waals surface area contributed by atoms with Crippen molar-refractivity contribution in [1.29, 1.82) is 0 Å². The quantitative estimate of drug-likeness (QED) is 0.342. The zero-order valence-electron chi connectivity index (χ0n) is 18.7. The number of unbranched alkanes of at least 4 members (excludes halogenated alkanes) is 1. The largest absolute Gasteiger partial charge is 0.379 e. The lowest BCUT2D eigenvalue weighted by Gasteiger charge is -2.36. The summed E-state index contributed by atoms with van der Waals surface area (Å²) in [5, 5.41) is 3.26. The number of piperazine rings is 1. The molecule has 0 amide bonds. The molecule has 0 saturated carbocycles. The van der Waals surface area contributed by atoms with Gasteiger partial charge >= 0.3 is 0 Å². The zero-order chi connectivity index (χ0) is 21.0. The summed E-state index contributed by atoms with van der Waals surface area (Å²) < 4.78 is 5.37. The second-order valence-corrected chi connectivity index (χ2v) is 8.38. The predicted molar refractivity (Wildman–Crippen MR) is 125 cm³/mol. The number of hydrogen-bond donors (Lipinski definition) is 2. The van der Waals surface area contributed by atoms with E-state index in [0.717, 1.165) is 85.0 Å².